The zero-order chi connectivity index (χ0) is 18.5. The Morgan fingerprint density at radius 1 is 1.24 bits per heavy atom. The van der Waals surface area contributed by atoms with Crippen LogP contribution in [-0.4, -0.2) is 93.0 Å². The van der Waals surface area contributed by atoms with Crippen molar-refractivity contribution < 1.29 is 39.4 Å². The number of fused-ring (bicyclic) bond motifs is 2. The maximum absolute atomic E-state index is 12.4. The van der Waals surface area contributed by atoms with Gasteiger partial charge in [0, 0.05) is 5.92 Å². The molecule has 8 atom stereocenters. The number of carbonyl (C=O) groups is 1. The van der Waals surface area contributed by atoms with E-state index >= 15 is 0 Å². The van der Waals surface area contributed by atoms with E-state index in [4.69, 9.17) is 14.2 Å². The molecule has 0 saturated carbocycles. The lowest BCUT2D eigenvalue weighted by atomic mass is 9.82. The van der Waals surface area contributed by atoms with Crippen molar-refractivity contribution in [1.29, 1.82) is 0 Å². The molecule has 4 N–H and O–H groups in total. The smallest absolute Gasteiger partial charge is 0.410 e. The Kier molecular flexibility index (Phi) is 5.00. The van der Waals surface area contributed by atoms with Crippen molar-refractivity contribution in [2.24, 2.45) is 5.92 Å². The quantitative estimate of drug-likeness (QED) is 0.483. The van der Waals surface area contributed by atoms with Crippen molar-refractivity contribution in [3.63, 3.8) is 0 Å². The lowest BCUT2D eigenvalue weighted by molar-refractivity contribution is -0.230. The Morgan fingerprint density at radius 2 is 1.92 bits per heavy atom. The molecule has 9 heteroatoms. The maximum atomic E-state index is 12.4. The highest BCUT2D eigenvalue weighted by Gasteiger charge is 2.55. The molecule has 3 aliphatic heterocycles. The average Bonchev–Trinajstić information content (AvgIpc) is 3.09. The van der Waals surface area contributed by atoms with E-state index in [-0.39, 0.29) is 19.6 Å². The van der Waals surface area contributed by atoms with Crippen molar-refractivity contribution in [2.75, 3.05) is 13.2 Å². The third-order valence-electron chi connectivity index (χ3n) is 4.92. The van der Waals surface area contributed by atoms with Crippen LogP contribution < -0.4 is 0 Å². The molecule has 3 heterocycles. The van der Waals surface area contributed by atoms with E-state index in [0.717, 1.165) is 0 Å². The van der Waals surface area contributed by atoms with Gasteiger partial charge < -0.3 is 34.6 Å². The van der Waals surface area contributed by atoms with Gasteiger partial charge in [-0.15, -0.1) is 0 Å². The minimum absolute atomic E-state index is 0.0232. The molecule has 9 nitrogen and oxygen atoms in total. The first-order valence-corrected chi connectivity index (χ1v) is 8.57. The third-order valence-corrected chi connectivity index (χ3v) is 4.92. The Bertz CT molecular complexity index is 493. The molecular formula is C16H27NO8. The van der Waals surface area contributed by atoms with E-state index in [1.54, 1.807) is 20.8 Å². The summed E-state index contributed by atoms with van der Waals surface area (Å²) in [5.41, 5.74) is -0.717. The van der Waals surface area contributed by atoms with E-state index in [2.05, 4.69) is 0 Å². The van der Waals surface area contributed by atoms with Crippen LogP contribution in [0.5, 0.6) is 0 Å². The Morgan fingerprint density at radius 3 is 2.56 bits per heavy atom. The molecule has 0 aromatic carbocycles. The zero-order valence-corrected chi connectivity index (χ0v) is 14.6. The van der Waals surface area contributed by atoms with Crippen LogP contribution in [0.1, 0.15) is 27.2 Å². The molecule has 3 fully saturated rings. The Balaban J connectivity index is 1.77. The number of ether oxygens (including phenoxy) is 3. The topological polar surface area (TPSA) is 129 Å². The summed E-state index contributed by atoms with van der Waals surface area (Å²) >= 11 is 0. The molecule has 25 heavy (non-hydrogen) atoms. The van der Waals surface area contributed by atoms with Gasteiger partial charge in [0.2, 0.25) is 0 Å². The minimum atomic E-state index is -1.26. The third kappa shape index (κ3) is 3.62. The van der Waals surface area contributed by atoms with E-state index in [1.165, 1.54) is 4.90 Å². The molecule has 1 amide bonds. The molecule has 2 bridgehead atoms. The second-order valence-electron chi connectivity index (χ2n) is 8.01. The van der Waals surface area contributed by atoms with Gasteiger partial charge >= 0.3 is 6.09 Å². The summed E-state index contributed by atoms with van der Waals surface area (Å²) in [6.45, 7) is 5.34. The van der Waals surface area contributed by atoms with Crippen LogP contribution in [0.4, 0.5) is 4.79 Å². The summed E-state index contributed by atoms with van der Waals surface area (Å²) in [6, 6.07) is -0.781. The number of aliphatic hydroxyl groups excluding tert-OH is 4. The molecule has 0 aromatic heterocycles. The fourth-order valence-corrected chi connectivity index (χ4v) is 3.79. The summed E-state index contributed by atoms with van der Waals surface area (Å²) in [5.74, 6) is -0.952. The molecular weight excluding hydrogens is 334 g/mol. The van der Waals surface area contributed by atoms with Gasteiger partial charge in [-0.25, -0.2) is 4.79 Å². The van der Waals surface area contributed by atoms with E-state index < -0.39 is 60.5 Å². The number of amides is 1. The summed E-state index contributed by atoms with van der Waals surface area (Å²) in [4.78, 5) is 13.7. The molecule has 0 aliphatic carbocycles. The largest absolute Gasteiger partial charge is 0.444 e. The minimum Gasteiger partial charge on any atom is -0.444 e. The highest BCUT2D eigenvalue weighted by atomic mass is 16.7. The summed E-state index contributed by atoms with van der Waals surface area (Å²) in [6.07, 6.45) is -6.50. The number of hydrogen-bond acceptors (Lipinski definition) is 8. The number of likely N-dealkylation sites (tertiary alicyclic amines) is 1. The highest BCUT2D eigenvalue weighted by Crippen LogP contribution is 2.37. The average molecular weight is 361 g/mol. The lowest BCUT2D eigenvalue weighted by Crippen LogP contribution is -2.59. The van der Waals surface area contributed by atoms with Gasteiger partial charge in [0.1, 0.15) is 17.8 Å². The highest BCUT2D eigenvalue weighted by molar-refractivity contribution is 5.69. The molecule has 144 valence electrons. The maximum Gasteiger partial charge on any atom is 0.410 e. The number of nitrogens with zero attached hydrogens (tertiary/aromatic N) is 1. The number of carbonyl (C=O) groups excluding carboxylic acids is 1. The predicted molar refractivity (Wildman–Crippen MR) is 83.5 cm³/mol. The second kappa shape index (κ2) is 6.64. The van der Waals surface area contributed by atoms with Crippen LogP contribution >= 0.6 is 0 Å². The monoisotopic (exact) mass is 361 g/mol. The molecule has 3 aliphatic rings. The van der Waals surface area contributed by atoms with Crippen molar-refractivity contribution in [1.82, 2.24) is 4.90 Å². The number of aliphatic hydroxyl groups is 4. The van der Waals surface area contributed by atoms with Crippen molar-refractivity contribution in [3.05, 3.63) is 0 Å². The zero-order valence-electron chi connectivity index (χ0n) is 14.6. The van der Waals surface area contributed by atoms with Gasteiger partial charge in [-0.05, 0) is 27.2 Å². The van der Waals surface area contributed by atoms with E-state index in [0.29, 0.717) is 0 Å². The van der Waals surface area contributed by atoms with Crippen LogP contribution in [0.2, 0.25) is 0 Å². The van der Waals surface area contributed by atoms with Gasteiger partial charge in [-0.2, -0.15) is 0 Å². The van der Waals surface area contributed by atoms with Crippen LogP contribution in [0.15, 0.2) is 0 Å². The molecule has 0 spiro atoms. The summed E-state index contributed by atoms with van der Waals surface area (Å²) in [5, 5.41) is 41.6. The SMILES string of the molecule is CC(C)(C)OC(=O)N1C[C@H](O)C[C@H]1[C@H](O)[C@H]1[C@@H](O)[C@H]2CO[C@H](O2)[C@@H]1O. The van der Waals surface area contributed by atoms with Crippen LogP contribution in [0, 0.1) is 5.92 Å². The number of hydrogen-bond donors (Lipinski definition) is 4. The first-order valence-electron chi connectivity index (χ1n) is 8.57. The van der Waals surface area contributed by atoms with Crippen LogP contribution in [0.3, 0.4) is 0 Å². The Hall–Kier alpha value is -0.970. The molecule has 0 radical (unpaired) electrons. The molecule has 3 saturated heterocycles. The van der Waals surface area contributed by atoms with E-state index in [1.807, 2.05) is 0 Å². The molecule has 0 aromatic rings. The Labute approximate surface area is 146 Å². The fourth-order valence-electron chi connectivity index (χ4n) is 3.79. The summed E-state index contributed by atoms with van der Waals surface area (Å²) in [7, 11) is 0. The molecule has 0 unspecified atom stereocenters. The normalized spacial score (nSPS) is 42.5. The van der Waals surface area contributed by atoms with E-state index in [9.17, 15) is 25.2 Å². The standard InChI is InChI=1S/C16H27NO8/c1-16(2,3)25-15(22)17-5-7(18)4-8(17)11(19)10-12(20)9-6-23-14(24-9)13(10)21/h7-14,18-21H,4-6H2,1-3H3/t7-,8+,9-,10+,11+,12+,13-,14-/m1/s1. The van der Waals surface area contributed by atoms with Gasteiger partial charge in [0.05, 0.1) is 37.5 Å². The molecule has 3 rings (SSSR count). The van der Waals surface area contributed by atoms with Crippen LogP contribution in [0.25, 0.3) is 0 Å². The van der Waals surface area contributed by atoms with Gasteiger partial charge in [-0.3, -0.25) is 4.90 Å². The lowest BCUT2D eigenvalue weighted by Gasteiger charge is -2.41. The number of rotatable bonds is 2. The van der Waals surface area contributed by atoms with Gasteiger partial charge in [-0.1, -0.05) is 0 Å². The number of β-amino-alcohol motifs (C(OH)–C–C–N with tert-alkyl or cyclic N) is 1. The first kappa shape index (κ1) is 18.8. The van der Waals surface area contributed by atoms with Crippen LogP contribution in [-0.2, 0) is 14.2 Å². The van der Waals surface area contributed by atoms with Crippen molar-refractivity contribution in [3.8, 4) is 0 Å². The fraction of sp³-hybridized carbons (Fsp3) is 0.938. The van der Waals surface area contributed by atoms with Crippen molar-refractivity contribution >= 4 is 6.09 Å². The second-order valence-corrected chi connectivity index (χ2v) is 8.01. The van der Waals surface area contributed by atoms with Gasteiger partial charge in [0.15, 0.2) is 6.29 Å². The van der Waals surface area contributed by atoms with Gasteiger partial charge in [0.25, 0.3) is 0 Å². The summed E-state index contributed by atoms with van der Waals surface area (Å²) < 4.78 is 15.9. The predicted octanol–water partition coefficient (Wildman–Crippen LogP) is -1.19. The van der Waals surface area contributed by atoms with Crippen molar-refractivity contribution in [2.45, 2.75) is 75.6 Å². The first-order chi connectivity index (χ1) is 11.6.